The van der Waals surface area contributed by atoms with Gasteiger partial charge in [-0.1, -0.05) is 0 Å². The van der Waals surface area contributed by atoms with Gasteiger partial charge in [0.15, 0.2) is 0 Å². The predicted molar refractivity (Wildman–Crippen MR) is 132 cm³/mol. The normalized spacial score (nSPS) is 15.2. The van der Waals surface area contributed by atoms with E-state index in [1.54, 1.807) is 0 Å². The van der Waals surface area contributed by atoms with Gasteiger partial charge >= 0.3 is 57.1 Å². The van der Waals surface area contributed by atoms with Gasteiger partial charge in [0.25, 0.3) is 0 Å². The second-order valence-electron chi connectivity index (χ2n) is 9.90. The Hall–Kier alpha value is -3.48. The van der Waals surface area contributed by atoms with Crippen LogP contribution in [0.1, 0.15) is 0 Å². The van der Waals surface area contributed by atoms with Crippen LogP contribution in [0.3, 0.4) is 0 Å². The van der Waals surface area contributed by atoms with E-state index in [1.165, 1.54) is 0 Å². The van der Waals surface area contributed by atoms with E-state index in [4.69, 9.17) is 0 Å². The standard InChI is InChI=1S/C26H12F20O3S2/c27-13-1-7-16(8-2-13)50(17-9-3-14(28)4-10-17,18-11-5-15(29)6-12-18)49-51(47,48)26(45,46)24(40,41)22(36,37)20(32,33)19(30,31)21(34,35)23(38,39)25(42,43)44/h1-12H. The Morgan fingerprint density at radius 1 is 0.373 bits per heavy atom. The lowest BCUT2D eigenvalue weighted by atomic mass is 9.91. The Balaban J connectivity index is 2.34. The average Bonchev–Trinajstić information content (AvgIpc) is 3.00. The number of hydrogen-bond acceptors (Lipinski definition) is 3. The van der Waals surface area contributed by atoms with E-state index in [0.29, 0.717) is 72.8 Å². The van der Waals surface area contributed by atoms with Crippen LogP contribution in [0.4, 0.5) is 87.8 Å². The van der Waals surface area contributed by atoms with Gasteiger partial charge in [0.05, 0.1) is 0 Å². The summed E-state index contributed by atoms with van der Waals surface area (Å²) in [4.78, 5) is -2.87. The molecule has 0 fully saturated rings. The van der Waals surface area contributed by atoms with E-state index in [2.05, 4.69) is 3.63 Å². The van der Waals surface area contributed by atoms with Gasteiger partial charge < -0.3 is 0 Å². The minimum absolute atomic E-state index is 0.389. The molecule has 0 aromatic heterocycles. The van der Waals surface area contributed by atoms with Crippen LogP contribution in [0.25, 0.3) is 0 Å². The Morgan fingerprint density at radius 3 is 0.863 bits per heavy atom. The molecule has 3 aromatic rings. The van der Waals surface area contributed by atoms with Crippen molar-refractivity contribution in [3.05, 3.63) is 90.2 Å². The monoisotopic (exact) mass is 816 g/mol. The summed E-state index contributed by atoms with van der Waals surface area (Å²) < 4.78 is 307. The highest BCUT2D eigenvalue weighted by atomic mass is 32.3. The summed E-state index contributed by atoms with van der Waals surface area (Å²) in [6, 6.07) is 4.98. The highest BCUT2D eigenvalue weighted by Gasteiger charge is 2.96. The zero-order valence-electron chi connectivity index (χ0n) is 23.5. The summed E-state index contributed by atoms with van der Waals surface area (Å²) in [5, 5.41) is -8.08. The van der Waals surface area contributed by atoms with Crippen LogP contribution in [-0.4, -0.2) is 55.4 Å². The number of halogens is 20. The van der Waals surface area contributed by atoms with Crippen molar-refractivity contribution in [1.82, 2.24) is 0 Å². The molecule has 286 valence electrons. The molecule has 3 nitrogen and oxygen atoms in total. The number of alkyl halides is 17. The van der Waals surface area contributed by atoms with E-state index in [1.807, 2.05) is 0 Å². The summed E-state index contributed by atoms with van der Waals surface area (Å²) in [5.74, 6) is -56.7. The molecule has 0 bridgehead atoms. The summed E-state index contributed by atoms with van der Waals surface area (Å²) in [6.07, 6.45) is -8.00. The summed E-state index contributed by atoms with van der Waals surface area (Å²) in [5.41, 5.74) is 0. The highest BCUT2D eigenvalue weighted by Crippen LogP contribution is 2.72. The molecule has 0 N–H and O–H groups in total. The maximum absolute atomic E-state index is 15.2. The van der Waals surface area contributed by atoms with Gasteiger partial charge in [-0.15, -0.1) is 0 Å². The SMILES string of the molecule is O=S(=O)(OS(c1ccc(F)cc1)(c1ccc(F)cc1)c1ccc(F)cc1)C(F)(F)C(F)(F)C(F)(F)C(F)(F)C(F)(F)C(F)(F)C(F)(F)C(F)(F)F. The molecule has 0 saturated carbocycles. The van der Waals surface area contributed by atoms with Crippen molar-refractivity contribution in [1.29, 1.82) is 0 Å². The van der Waals surface area contributed by atoms with Gasteiger partial charge in [-0.2, -0.15) is 83.1 Å². The van der Waals surface area contributed by atoms with E-state index in [9.17, 15) is 87.4 Å². The van der Waals surface area contributed by atoms with Crippen molar-refractivity contribution in [3.8, 4) is 0 Å². The van der Waals surface area contributed by atoms with Gasteiger partial charge in [-0.05, 0) is 83.1 Å². The molecule has 3 aromatic carbocycles. The quantitative estimate of drug-likeness (QED) is 0.171. The molecule has 3 rings (SSSR count). The van der Waals surface area contributed by atoms with Crippen molar-refractivity contribution in [2.75, 3.05) is 0 Å². The molecule has 0 saturated heterocycles. The van der Waals surface area contributed by atoms with Gasteiger partial charge in [-0.3, -0.25) is 0 Å². The smallest absolute Gasteiger partial charge is 0.207 e. The molecular weight excluding hydrogens is 804 g/mol. The number of hydrogen-bond donors (Lipinski definition) is 0. The first-order valence-corrected chi connectivity index (χ1v) is 15.4. The molecule has 0 aliphatic carbocycles. The van der Waals surface area contributed by atoms with E-state index < -0.39 is 99.5 Å². The zero-order valence-corrected chi connectivity index (χ0v) is 25.2. The van der Waals surface area contributed by atoms with E-state index >= 15 is 8.78 Å². The van der Waals surface area contributed by atoms with Crippen LogP contribution >= 0.6 is 10.3 Å². The molecule has 0 amide bonds. The molecule has 0 atom stereocenters. The first kappa shape index (κ1) is 41.9. The maximum atomic E-state index is 15.2. The van der Waals surface area contributed by atoms with Crippen LogP contribution in [0.2, 0.25) is 0 Å². The van der Waals surface area contributed by atoms with Crippen molar-refractivity contribution in [2.45, 2.75) is 61.7 Å². The van der Waals surface area contributed by atoms with Crippen LogP contribution in [0.15, 0.2) is 87.5 Å². The molecule has 51 heavy (non-hydrogen) atoms. The van der Waals surface area contributed by atoms with E-state index in [-0.39, 0.29) is 0 Å². The number of benzene rings is 3. The van der Waals surface area contributed by atoms with Gasteiger partial charge in [0.2, 0.25) is 0 Å². The fourth-order valence-electron chi connectivity index (χ4n) is 3.89. The Kier molecular flexibility index (Phi) is 10.3. The zero-order chi connectivity index (χ0) is 39.7. The third-order valence-electron chi connectivity index (χ3n) is 6.64. The van der Waals surface area contributed by atoms with Gasteiger partial charge in [0.1, 0.15) is 17.5 Å². The summed E-state index contributed by atoms with van der Waals surface area (Å²) in [7, 11) is -13.2. The van der Waals surface area contributed by atoms with Gasteiger partial charge in [-0.25, -0.2) is 16.8 Å². The molecule has 0 unspecified atom stereocenters. The Morgan fingerprint density at radius 2 is 0.608 bits per heavy atom. The van der Waals surface area contributed by atoms with Crippen LogP contribution in [-0.2, 0) is 13.7 Å². The first-order chi connectivity index (χ1) is 22.7. The predicted octanol–water partition coefficient (Wildman–Crippen LogP) is 10.6. The minimum atomic E-state index is -9.09. The molecule has 0 radical (unpaired) electrons. The molecular formula is C26H12F20O3S2. The second kappa shape index (κ2) is 12.6. The lowest BCUT2D eigenvalue weighted by molar-refractivity contribution is -0.458. The minimum Gasteiger partial charge on any atom is -0.207 e. The van der Waals surface area contributed by atoms with Crippen molar-refractivity contribution in [2.24, 2.45) is 0 Å². The molecule has 0 spiro atoms. The maximum Gasteiger partial charge on any atom is 0.460 e. The molecule has 0 aliphatic rings. The highest BCUT2D eigenvalue weighted by molar-refractivity contribution is 8.33. The fraction of sp³-hybridized carbons (Fsp3) is 0.308. The molecule has 25 heteroatoms. The largest absolute Gasteiger partial charge is 0.460 e. The lowest BCUT2D eigenvalue weighted by Gasteiger charge is -2.43. The van der Waals surface area contributed by atoms with Crippen molar-refractivity contribution >= 4 is 20.4 Å². The molecule has 0 heterocycles. The van der Waals surface area contributed by atoms with E-state index in [0.717, 1.165) is 0 Å². The second-order valence-corrected chi connectivity index (χ2v) is 14.4. The lowest BCUT2D eigenvalue weighted by Crippen LogP contribution is -2.75. The van der Waals surface area contributed by atoms with Crippen molar-refractivity contribution < 1.29 is 99.9 Å². The van der Waals surface area contributed by atoms with Crippen molar-refractivity contribution in [3.63, 3.8) is 0 Å². The Bertz CT molecular complexity index is 1710. The third kappa shape index (κ3) is 6.14. The average molecular weight is 816 g/mol. The van der Waals surface area contributed by atoms with Crippen LogP contribution < -0.4 is 0 Å². The topological polar surface area (TPSA) is 43.4 Å². The molecule has 0 aliphatic heterocycles. The van der Waals surface area contributed by atoms with Crippen LogP contribution in [0, 0.1) is 17.5 Å². The van der Waals surface area contributed by atoms with Gasteiger partial charge in [0, 0.05) is 14.7 Å². The summed E-state index contributed by atoms with van der Waals surface area (Å²) in [6.45, 7) is 0. The Labute approximate surface area is 272 Å². The number of rotatable bonds is 12. The van der Waals surface area contributed by atoms with Crippen LogP contribution in [0.5, 0.6) is 0 Å². The summed E-state index contributed by atoms with van der Waals surface area (Å²) >= 11 is 0. The first-order valence-electron chi connectivity index (χ1n) is 12.5. The fourth-order valence-corrected chi connectivity index (χ4v) is 9.06. The third-order valence-corrected chi connectivity index (χ3v) is 11.9.